The van der Waals surface area contributed by atoms with Gasteiger partial charge in [-0.2, -0.15) is 5.26 Å². The summed E-state index contributed by atoms with van der Waals surface area (Å²) in [5, 5.41) is 8.89. The van der Waals surface area contributed by atoms with Gasteiger partial charge in [0.1, 0.15) is 10.9 Å². The molecule has 2 aromatic rings. The maximum absolute atomic E-state index is 13.4. The summed E-state index contributed by atoms with van der Waals surface area (Å²) in [5.41, 5.74) is 0.512. The zero-order chi connectivity index (χ0) is 17.7. The normalized spacial score (nSPS) is 10.7. The minimum Gasteiger partial charge on any atom is -0.332 e. The van der Waals surface area contributed by atoms with E-state index in [-0.39, 0.29) is 12.5 Å². The van der Waals surface area contributed by atoms with E-state index in [1.54, 1.807) is 17.0 Å². The van der Waals surface area contributed by atoms with E-state index in [1.165, 1.54) is 6.07 Å². The third-order valence-electron chi connectivity index (χ3n) is 3.39. The highest BCUT2D eigenvalue weighted by atomic mass is 32.1. The smallest absolute Gasteiger partial charge is 0.264 e. The topological polar surface area (TPSA) is 47.3 Å². The zero-order valence-electron chi connectivity index (χ0n) is 13.4. The van der Waals surface area contributed by atoms with Crippen LogP contribution in [0, 0.1) is 23.0 Å². The van der Waals surface area contributed by atoms with Crippen molar-refractivity contribution in [2.75, 3.05) is 27.2 Å². The van der Waals surface area contributed by atoms with Crippen LogP contribution in [0.2, 0.25) is 0 Å². The van der Waals surface area contributed by atoms with E-state index in [9.17, 15) is 13.6 Å². The molecule has 1 amide bonds. The summed E-state index contributed by atoms with van der Waals surface area (Å²) in [4.78, 5) is 17.1. The number of halogens is 2. The molecule has 0 bridgehead atoms. The lowest BCUT2D eigenvalue weighted by Crippen LogP contribution is -2.36. The lowest BCUT2D eigenvalue weighted by Gasteiger charge is -2.24. The van der Waals surface area contributed by atoms with Crippen LogP contribution in [0.1, 0.15) is 20.1 Å². The Labute approximate surface area is 143 Å². The van der Waals surface area contributed by atoms with Crippen LogP contribution >= 0.6 is 11.3 Å². The van der Waals surface area contributed by atoms with Crippen LogP contribution in [0.15, 0.2) is 30.3 Å². The first-order valence-corrected chi connectivity index (χ1v) is 8.10. The first-order valence-electron chi connectivity index (χ1n) is 7.28. The first-order chi connectivity index (χ1) is 11.4. The van der Waals surface area contributed by atoms with Crippen LogP contribution in [0.3, 0.4) is 0 Å². The minimum absolute atomic E-state index is 0.170. The molecule has 7 heteroatoms. The molecule has 126 valence electrons. The van der Waals surface area contributed by atoms with Gasteiger partial charge in [0.25, 0.3) is 5.91 Å². The molecule has 0 atom stereocenters. The fourth-order valence-electron chi connectivity index (χ4n) is 2.10. The number of amides is 1. The summed E-state index contributed by atoms with van der Waals surface area (Å²) in [6.45, 7) is 1.24. The molecular formula is C17H17F2N3OS. The molecule has 1 aromatic carbocycles. The van der Waals surface area contributed by atoms with E-state index < -0.39 is 11.6 Å². The van der Waals surface area contributed by atoms with Gasteiger partial charge in [-0.15, -0.1) is 11.3 Å². The molecule has 0 saturated heterocycles. The number of hydrogen-bond donors (Lipinski definition) is 0. The summed E-state index contributed by atoms with van der Waals surface area (Å²) in [5.74, 6) is -2.08. The number of nitriles is 1. The Morgan fingerprint density at radius 2 is 1.92 bits per heavy atom. The fourth-order valence-corrected chi connectivity index (χ4v) is 2.87. The van der Waals surface area contributed by atoms with Gasteiger partial charge < -0.3 is 9.80 Å². The van der Waals surface area contributed by atoms with Crippen LogP contribution in [-0.4, -0.2) is 42.9 Å². The van der Waals surface area contributed by atoms with E-state index in [1.807, 2.05) is 25.1 Å². The Hall–Kier alpha value is -2.30. The minimum atomic E-state index is -0.935. The van der Waals surface area contributed by atoms with Crippen molar-refractivity contribution < 1.29 is 13.6 Å². The van der Waals surface area contributed by atoms with Crippen LogP contribution in [0.5, 0.6) is 0 Å². The van der Waals surface area contributed by atoms with Gasteiger partial charge in [-0.3, -0.25) is 4.79 Å². The van der Waals surface area contributed by atoms with Crippen molar-refractivity contribution in [2.24, 2.45) is 0 Å². The van der Waals surface area contributed by atoms with Crippen molar-refractivity contribution in [2.45, 2.75) is 6.54 Å². The molecule has 0 aliphatic heterocycles. The Kier molecular flexibility index (Phi) is 6.01. The molecule has 0 saturated carbocycles. The summed E-state index contributed by atoms with van der Waals surface area (Å²) in [6, 6.07) is 8.82. The highest BCUT2D eigenvalue weighted by molar-refractivity contribution is 7.14. The molecule has 1 heterocycles. The molecule has 2 rings (SSSR count). The number of nitrogens with zero attached hydrogens (tertiary/aromatic N) is 3. The monoisotopic (exact) mass is 349 g/mol. The molecule has 0 N–H and O–H groups in total. The van der Waals surface area contributed by atoms with E-state index >= 15 is 0 Å². The van der Waals surface area contributed by atoms with E-state index in [4.69, 9.17) is 5.26 Å². The average Bonchev–Trinajstić information content (AvgIpc) is 3.03. The summed E-state index contributed by atoms with van der Waals surface area (Å²) in [6.07, 6.45) is 0. The Balaban J connectivity index is 2.21. The molecule has 0 radical (unpaired) electrons. The quantitative estimate of drug-likeness (QED) is 0.805. The SMILES string of the molecule is CN(C)CCN(Cc1ccc(F)c(F)c1)C(=O)c1ccc(C#N)s1. The molecular weight excluding hydrogens is 332 g/mol. The number of carbonyl (C=O) groups excluding carboxylic acids is 1. The van der Waals surface area contributed by atoms with Gasteiger partial charge in [-0.1, -0.05) is 6.07 Å². The van der Waals surface area contributed by atoms with Crippen molar-refractivity contribution in [3.05, 3.63) is 57.3 Å². The third kappa shape index (κ3) is 4.60. The average molecular weight is 349 g/mol. The molecule has 4 nitrogen and oxygen atoms in total. The lowest BCUT2D eigenvalue weighted by molar-refractivity contribution is 0.0736. The van der Waals surface area contributed by atoms with Crippen LogP contribution in [0.4, 0.5) is 8.78 Å². The summed E-state index contributed by atoms with van der Waals surface area (Å²) < 4.78 is 26.5. The maximum atomic E-state index is 13.4. The maximum Gasteiger partial charge on any atom is 0.264 e. The van der Waals surface area contributed by atoms with Gasteiger partial charge >= 0.3 is 0 Å². The predicted octanol–water partition coefficient (Wildman–Crippen LogP) is 3.10. The number of carbonyl (C=O) groups is 1. The molecule has 0 aliphatic carbocycles. The van der Waals surface area contributed by atoms with Crippen molar-refractivity contribution in [3.63, 3.8) is 0 Å². The number of benzene rings is 1. The van der Waals surface area contributed by atoms with Crippen LogP contribution in [0.25, 0.3) is 0 Å². The molecule has 1 aromatic heterocycles. The van der Waals surface area contributed by atoms with E-state index in [0.29, 0.717) is 28.4 Å². The third-order valence-corrected chi connectivity index (χ3v) is 4.37. The highest BCUT2D eigenvalue weighted by Gasteiger charge is 2.19. The zero-order valence-corrected chi connectivity index (χ0v) is 14.2. The van der Waals surface area contributed by atoms with Gasteiger partial charge in [0.2, 0.25) is 0 Å². The van der Waals surface area contributed by atoms with Gasteiger partial charge in [0.05, 0.1) is 4.88 Å². The van der Waals surface area contributed by atoms with Gasteiger partial charge in [-0.25, -0.2) is 8.78 Å². The second kappa shape index (κ2) is 7.99. The first kappa shape index (κ1) is 18.0. The van der Waals surface area contributed by atoms with Crippen molar-refractivity contribution in [1.29, 1.82) is 5.26 Å². The Morgan fingerprint density at radius 3 is 2.50 bits per heavy atom. The van der Waals surface area contributed by atoms with Gasteiger partial charge in [-0.05, 0) is 43.9 Å². The highest BCUT2D eigenvalue weighted by Crippen LogP contribution is 2.19. The second-order valence-corrected chi connectivity index (χ2v) is 6.64. The van der Waals surface area contributed by atoms with Gasteiger partial charge in [0.15, 0.2) is 11.6 Å². The van der Waals surface area contributed by atoms with E-state index in [0.717, 1.165) is 23.5 Å². The van der Waals surface area contributed by atoms with Crippen LogP contribution < -0.4 is 0 Å². The van der Waals surface area contributed by atoms with Crippen LogP contribution in [-0.2, 0) is 6.54 Å². The van der Waals surface area contributed by atoms with E-state index in [2.05, 4.69) is 0 Å². The largest absolute Gasteiger partial charge is 0.332 e. The fraction of sp³-hybridized carbons (Fsp3) is 0.294. The molecule has 0 spiro atoms. The molecule has 24 heavy (non-hydrogen) atoms. The number of rotatable bonds is 6. The summed E-state index contributed by atoms with van der Waals surface area (Å²) >= 11 is 1.12. The number of likely N-dealkylation sites (N-methyl/N-ethyl adjacent to an activating group) is 1. The second-order valence-electron chi connectivity index (χ2n) is 5.55. The summed E-state index contributed by atoms with van der Waals surface area (Å²) in [7, 11) is 3.78. The molecule has 0 fully saturated rings. The number of thiophene rings is 1. The lowest BCUT2D eigenvalue weighted by atomic mass is 10.2. The molecule has 0 aliphatic rings. The number of hydrogen-bond acceptors (Lipinski definition) is 4. The van der Waals surface area contributed by atoms with Crippen molar-refractivity contribution in [1.82, 2.24) is 9.80 Å². The standard InChI is InChI=1S/C17H17F2N3OS/c1-21(2)7-8-22(11-12-3-5-14(18)15(19)9-12)17(23)16-6-4-13(10-20)24-16/h3-6,9H,7-8,11H2,1-2H3. The molecule has 0 unspecified atom stereocenters. The van der Waals surface area contributed by atoms with Gasteiger partial charge in [0, 0.05) is 19.6 Å². The Bertz CT molecular complexity index is 767. The predicted molar refractivity (Wildman–Crippen MR) is 88.7 cm³/mol. The Morgan fingerprint density at radius 1 is 1.17 bits per heavy atom. The van der Waals surface area contributed by atoms with Crippen molar-refractivity contribution >= 4 is 17.2 Å². The van der Waals surface area contributed by atoms with Crippen molar-refractivity contribution in [3.8, 4) is 6.07 Å².